The van der Waals surface area contributed by atoms with Crippen LogP contribution in [0.25, 0.3) is 0 Å². The minimum atomic E-state index is -3.62. The Morgan fingerprint density at radius 2 is 1.04 bits per heavy atom. The van der Waals surface area contributed by atoms with Gasteiger partial charge in [0.1, 0.15) is 0 Å². The first kappa shape index (κ1) is 21.6. The van der Waals surface area contributed by atoms with Crippen molar-refractivity contribution in [1.82, 2.24) is 9.44 Å². The summed E-state index contributed by atoms with van der Waals surface area (Å²) in [5, 5.41) is 0. The van der Waals surface area contributed by atoms with Gasteiger partial charge in [-0.3, -0.25) is 0 Å². The molecule has 6 nitrogen and oxygen atoms in total. The monoisotopic (exact) mass is 410 g/mol. The van der Waals surface area contributed by atoms with Gasteiger partial charge in [-0.25, -0.2) is 26.3 Å². The SMILES string of the molecule is Cc1ccc(C)c(S(=O)(=O)NCCCNS(=O)(=O)c2cc(C)ccc2C)c1. The van der Waals surface area contributed by atoms with Crippen molar-refractivity contribution in [2.45, 2.75) is 43.9 Å². The molecule has 0 bridgehead atoms. The first-order valence-electron chi connectivity index (χ1n) is 8.67. The highest BCUT2D eigenvalue weighted by Crippen LogP contribution is 2.17. The predicted octanol–water partition coefficient (Wildman–Crippen LogP) is 2.57. The molecule has 0 amide bonds. The fraction of sp³-hybridized carbons (Fsp3) is 0.368. The molecule has 8 heteroatoms. The Bertz CT molecular complexity index is 946. The van der Waals surface area contributed by atoms with Gasteiger partial charge in [0.05, 0.1) is 9.79 Å². The number of rotatable bonds is 8. The standard InChI is InChI=1S/C19H26N2O4S2/c1-14-6-8-16(3)18(12-14)26(22,23)20-10-5-11-21-27(24,25)19-13-15(2)7-9-17(19)4/h6-9,12-13,20-21H,5,10-11H2,1-4H3. The zero-order valence-corrected chi connectivity index (χ0v) is 17.7. The summed E-state index contributed by atoms with van der Waals surface area (Å²) >= 11 is 0. The summed E-state index contributed by atoms with van der Waals surface area (Å²) < 4.78 is 54.7. The molecule has 148 valence electrons. The second-order valence-electron chi connectivity index (χ2n) is 6.69. The summed E-state index contributed by atoms with van der Waals surface area (Å²) in [6, 6.07) is 10.5. The van der Waals surface area contributed by atoms with E-state index in [1.165, 1.54) is 0 Å². The van der Waals surface area contributed by atoms with Crippen LogP contribution >= 0.6 is 0 Å². The van der Waals surface area contributed by atoms with E-state index in [-0.39, 0.29) is 22.9 Å². The molecule has 0 spiro atoms. The lowest BCUT2D eigenvalue weighted by Crippen LogP contribution is -2.30. The smallest absolute Gasteiger partial charge is 0.211 e. The highest BCUT2D eigenvalue weighted by Gasteiger charge is 2.18. The molecule has 0 fully saturated rings. The summed E-state index contributed by atoms with van der Waals surface area (Å²) in [5.41, 5.74) is 3.07. The number of sulfonamides is 2. The fourth-order valence-electron chi connectivity index (χ4n) is 2.65. The number of hydrogen-bond acceptors (Lipinski definition) is 4. The van der Waals surface area contributed by atoms with Crippen LogP contribution in [0.15, 0.2) is 46.2 Å². The van der Waals surface area contributed by atoms with E-state index in [1.54, 1.807) is 38.1 Å². The van der Waals surface area contributed by atoms with Gasteiger partial charge in [-0.2, -0.15) is 0 Å². The normalized spacial score (nSPS) is 12.3. The summed E-state index contributed by atoms with van der Waals surface area (Å²) in [6.07, 6.45) is 0.341. The van der Waals surface area contributed by atoms with Crippen LogP contribution in [0.3, 0.4) is 0 Å². The highest BCUT2D eigenvalue weighted by molar-refractivity contribution is 7.89. The Balaban J connectivity index is 1.93. The minimum absolute atomic E-state index is 0.144. The average molecular weight is 411 g/mol. The molecule has 0 atom stereocenters. The molecule has 2 aromatic rings. The quantitative estimate of drug-likeness (QED) is 0.654. The van der Waals surface area contributed by atoms with Crippen LogP contribution in [0.2, 0.25) is 0 Å². The lowest BCUT2D eigenvalue weighted by molar-refractivity contribution is 0.571. The Morgan fingerprint density at radius 3 is 1.41 bits per heavy atom. The van der Waals surface area contributed by atoms with Gasteiger partial charge in [0.2, 0.25) is 20.0 Å². The molecule has 0 heterocycles. The Labute approximate surface area is 162 Å². The summed E-state index contributed by atoms with van der Waals surface area (Å²) in [7, 11) is -7.24. The summed E-state index contributed by atoms with van der Waals surface area (Å²) in [4.78, 5) is 0.497. The Morgan fingerprint density at radius 1 is 0.667 bits per heavy atom. The molecule has 0 saturated heterocycles. The van der Waals surface area contributed by atoms with Crippen molar-refractivity contribution in [3.05, 3.63) is 58.7 Å². The summed E-state index contributed by atoms with van der Waals surface area (Å²) in [6.45, 7) is 7.44. The number of aryl methyl sites for hydroxylation is 4. The first-order valence-corrected chi connectivity index (χ1v) is 11.6. The Hall–Kier alpha value is -1.74. The maximum atomic E-state index is 12.4. The lowest BCUT2D eigenvalue weighted by atomic mass is 10.2. The van der Waals surface area contributed by atoms with Gasteiger partial charge < -0.3 is 0 Å². The summed E-state index contributed by atoms with van der Waals surface area (Å²) in [5.74, 6) is 0. The van der Waals surface area contributed by atoms with Crippen molar-refractivity contribution in [1.29, 1.82) is 0 Å². The van der Waals surface area contributed by atoms with Gasteiger partial charge >= 0.3 is 0 Å². The van der Waals surface area contributed by atoms with E-state index in [9.17, 15) is 16.8 Å². The Kier molecular flexibility index (Phi) is 6.80. The number of nitrogens with one attached hydrogen (secondary N) is 2. The lowest BCUT2D eigenvalue weighted by Gasteiger charge is -2.12. The van der Waals surface area contributed by atoms with Crippen LogP contribution in [0.5, 0.6) is 0 Å². The zero-order valence-electron chi connectivity index (χ0n) is 16.0. The van der Waals surface area contributed by atoms with Gasteiger partial charge in [0.15, 0.2) is 0 Å². The number of benzene rings is 2. The van der Waals surface area contributed by atoms with E-state index < -0.39 is 20.0 Å². The molecule has 0 aliphatic carbocycles. The van der Waals surface area contributed by atoms with Crippen molar-refractivity contribution in [2.75, 3.05) is 13.1 Å². The molecule has 27 heavy (non-hydrogen) atoms. The molecule has 0 saturated carbocycles. The molecule has 0 unspecified atom stereocenters. The van der Waals surface area contributed by atoms with Crippen molar-refractivity contribution >= 4 is 20.0 Å². The second-order valence-corrected chi connectivity index (χ2v) is 10.2. The van der Waals surface area contributed by atoms with Gasteiger partial charge in [-0.05, 0) is 68.5 Å². The highest BCUT2D eigenvalue weighted by atomic mass is 32.2. The predicted molar refractivity (Wildman–Crippen MR) is 107 cm³/mol. The first-order chi connectivity index (χ1) is 12.5. The maximum absolute atomic E-state index is 12.4. The van der Waals surface area contributed by atoms with Gasteiger partial charge in [-0.1, -0.05) is 24.3 Å². The molecule has 2 N–H and O–H groups in total. The maximum Gasteiger partial charge on any atom is 0.240 e. The van der Waals surface area contributed by atoms with Crippen LogP contribution in [0.1, 0.15) is 28.7 Å². The topological polar surface area (TPSA) is 92.3 Å². The van der Waals surface area contributed by atoms with E-state index in [4.69, 9.17) is 0 Å². The molecule has 2 aromatic carbocycles. The number of hydrogen-bond donors (Lipinski definition) is 2. The van der Waals surface area contributed by atoms with E-state index in [1.807, 2.05) is 26.0 Å². The molecule has 0 aromatic heterocycles. The van der Waals surface area contributed by atoms with Gasteiger partial charge in [0, 0.05) is 13.1 Å². The van der Waals surface area contributed by atoms with Crippen LogP contribution in [-0.2, 0) is 20.0 Å². The third-order valence-corrected chi connectivity index (χ3v) is 7.41. The average Bonchev–Trinajstić information content (AvgIpc) is 2.58. The van der Waals surface area contributed by atoms with Crippen LogP contribution in [-0.4, -0.2) is 29.9 Å². The van der Waals surface area contributed by atoms with Gasteiger partial charge in [0.25, 0.3) is 0 Å². The molecular formula is C19H26N2O4S2. The third kappa shape index (κ3) is 5.62. The van der Waals surface area contributed by atoms with E-state index in [2.05, 4.69) is 9.44 Å². The molecule has 0 aliphatic heterocycles. The third-order valence-electron chi connectivity index (χ3n) is 4.20. The van der Waals surface area contributed by atoms with E-state index in [0.29, 0.717) is 17.5 Å². The van der Waals surface area contributed by atoms with Crippen LogP contribution in [0.4, 0.5) is 0 Å². The van der Waals surface area contributed by atoms with Crippen LogP contribution < -0.4 is 9.44 Å². The fourth-order valence-corrected chi connectivity index (χ4v) is 5.45. The van der Waals surface area contributed by atoms with Crippen LogP contribution in [0, 0.1) is 27.7 Å². The molecule has 0 radical (unpaired) electrons. The molecular weight excluding hydrogens is 384 g/mol. The minimum Gasteiger partial charge on any atom is -0.211 e. The zero-order chi connectivity index (χ0) is 20.2. The van der Waals surface area contributed by atoms with E-state index >= 15 is 0 Å². The van der Waals surface area contributed by atoms with Crippen molar-refractivity contribution < 1.29 is 16.8 Å². The van der Waals surface area contributed by atoms with Crippen molar-refractivity contribution in [3.63, 3.8) is 0 Å². The van der Waals surface area contributed by atoms with E-state index in [0.717, 1.165) is 11.1 Å². The largest absolute Gasteiger partial charge is 0.240 e. The second kappa shape index (κ2) is 8.52. The van der Waals surface area contributed by atoms with Gasteiger partial charge in [-0.15, -0.1) is 0 Å². The van der Waals surface area contributed by atoms with Crippen molar-refractivity contribution in [3.8, 4) is 0 Å². The molecule has 2 rings (SSSR count). The van der Waals surface area contributed by atoms with Crippen molar-refractivity contribution in [2.24, 2.45) is 0 Å². The molecule has 0 aliphatic rings.